The predicted octanol–water partition coefficient (Wildman–Crippen LogP) is 7.94. The van der Waals surface area contributed by atoms with Gasteiger partial charge in [0.2, 0.25) is 5.88 Å². The average Bonchev–Trinajstić information content (AvgIpc) is 3.15. The molecule has 0 amide bonds. The fourth-order valence-electron chi connectivity index (χ4n) is 4.23. The molecule has 0 radical (unpaired) electrons. The summed E-state index contributed by atoms with van der Waals surface area (Å²) >= 11 is 0. The number of phenols is 1. The molecule has 0 spiro atoms. The second kappa shape index (κ2) is 9.70. The third kappa shape index (κ3) is 4.53. The van der Waals surface area contributed by atoms with Crippen LogP contribution in [0.2, 0.25) is 0 Å². The van der Waals surface area contributed by atoms with Crippen LogP contribution in [0.25, 0.3) is 27.7 Å². The van der Waals surface area contributed by atoms with E-state index in [0.29, 0.717) is 27.7 Å². The van der Waals surface area contributed by atoms with Crippen molar-refractivity contribution < 1.29 is 29.2 Å². The lowest BCUT2D eigenvalue weighted by Gasteiger charge is -2.09. The lowest BCUT2D eigenvalue weighted by Crippen LogP contribution is -2.02. The van der Waals surface area contributed by atoms with Crippen molar-refractivity contribution in [3.05, 3.63) is 95.8 Å². The summed E-state index contributed by atoms with van der Waals surface area (Å²) in [5, 5.41) is 39.9. The maximum Gasteiger partial charge on any atom is 0.511 e. The van der Waals surface area contributed by atoms with Crippen molar-refractivity contribution in [2.75, 3.05) is 0 Å². The topological polar surface area (TPSA) is 117 Å². The van der Waals surface area contributed by atoms with Gasteiger partial charge in [-0.25, -0.2) is 9.18 Å². The number of nitrogens with zero attached hydrogens (tertiary/aromatic N) is 3. The number of halogens is 1. The van der Waals surface area contributed by atoms with E-state index in [0.717, 1.165) is 11.1 Å². The van der Waals surface area contributed by atoms with Crippen LogP contribution in [0.15, 0.2) is 89.1 Å². The maximum atomic E-state index is 14.2. The van der Waals surface area contributed by atoms with E-state index < -0.39 is 12.0 Å². The molecular formula is C29H22FN3O5. The fraction of sp³-hybridized carbons (Fsp3) is 0.0690. The highest BCUT2D eigenvalue weighted by atomic mass is 19.1. The minimum Gasteiger partial charge on any atom is -0.505 e. The molecule has 0 atom stereocenters. The first kappa shape index (κ1) is 24.5. The molecule has 0 fully saturated rings. The van der Waals surface area contributed by atoms with Crippen molar-refractivity contribution in [1.82, 2.24) is 4.57 Å². The Morgan fingerprint density at radius 2 is 1.68 bits per heavy atom. The fourth-order valence-corrected chi connectivity index (χ4v) is 4.23. The number of aromatic nitrogens is 1. The van der Waals surface area contributed by atoms with Gasteiger partial charge in [-0.05, 0) is 79.1 Å². The van der Waals surface area contributed by atoms with E-state index >= 15 is 0 Å². The minimum atomic E-state index is -1.45. The number of fused-ring (bicyclic) bond motifs is 1. The Morgan fingerprint density at radius 1 is 0.895 bits per heavy atom. The minimum absolute atomic E-state index is 0.0951. The summed E-state index contributed by atoms with van der Waals surface area (Å²) < 4.78 is 20.4. The standard InChI is InChI=1S/C29H22FN3O5/c1-16-9-11-20(13-17(16)2)33-25-15-19(30)10-12-23(25)26(28(33)35)32-31-24-8-4-7-22(27(24)34)18-5-3-6-21(14-18)38-29(36)37/h3-15,34-35H,1-2H3,(H,36,37). The van der Waals surface area contributed by atoms with E-state index in [1.165, 1.54) is 34.9 Å². The van der Waals surface area contributed by atoms with Crippen LogP contribution in [0.4, 0.5) is 20.6 Å². The van der Waals surface area contributed by atoms with Gasteiger partial charge in [-0.3, -0.25) is 4.57 Å². The van der Waals surface area contributed by atoms with E-state index in [9.17, 15) is 19.4 Å². The van der Waals surface area contributed by atoms with Crippen LogP contribution in [-0.4, -0.2) is 26.0 Å². The summed E-state index contributed by atoms with van der Waals surface area (Å²) in [7, 11) is 0. The van der Waals surface area contributed by atoms with Gasteiger partial charge in [0, 0.05) is 16.6 Å². The Balaban J connectivity index is 1.59. The highest BCUT2D eigenvalue weighted by Gasteiger charge is 2.19. The molecule has 9 heteroatoms. The van der Waals surface area contributed by atoms with Gasteiger partial charge in [-0.1, -0.05) is 30.3 Å². The molecule has 38 heavy (non-hydrogen) atoms. The van der Waals surface area contributed by atoms with E-state index in [1.54, 1.807) is 30.3 Å². The van der Waals surface area contributed by atoms with Crippen molar-refractivity contribution >= 4 is 28.4 Å². The Morgan fingerprint density at radius 3 is 2.45 bits per heavy atom. The van der Waals surface area contributed by atoms with E-state index in [1.807, 2.05) is 32.0 Å². The van der Waals surface area contributed by atoms with Crippen LogP contribution >= 0.6 is 0 Å². The SMILES string of the molecule is Cc1ccc(-n2c(O)c(N=Nc3cccc(-c4cccc(OC(=O)O)c4)c3O)c3ccc(F)cc32)cc1C. The van der Waals surface area contributed by atoms with Crippen LogP contribution in [0, 0.1) is 19.7 Å². The molecule has 1 heterocycles. The smallest absolute Gasteiger partial charge is 0.505 e. The molecule has 5 rings (SSSR count). The number of aryl methyl sites for hydroxylation is 2. The molecule has 3 N–H and O–H groups in total. The first-order chi connectivity index (χ1) is 18.2. The first-order valence-electron chi connectivity index (χ1n) is 11.6. The quantitative estimate of drug-likeness (QED) is 0.126. The molecule has 1 aromatic heterocycles. The van der Waals surface area contributed by atoms with Crippen LogP contribution in [0.5, 0.6) is 17.4 Å². The molecule has 8 nitrogen and oxygen atoms in total. The Hall–Kier alpha value is -5.18. The highest BCUT2D eigenvalue weighted by Crippen LogP contribution is 2.44. The summed E-state index contributed by atoms with van der Waals surface area (Å²) in [4.78, 5) is 10.9. The van der Waals surface area contributed by atoms with Crippen LogP contribution in [0.3, 0.4) is 0 Å². The van der Waals surface area contributed by atoms with Gasteiger partial charge < -0.3 is 20.1 Å². The molecule has 0 bridgehead atoms. The molecule has 0 aliphatic rings. The van der Waals surface area contributed by atoms with Crippen molar-refractivity contribution in [3.63, 3.8) is 0 Å². The molecular weight excluding hydrogens is 489 g/mol. The zero-order valence-corrected chi connectivity index (χ0v) is 20.4. The third-order valence-electron chi connectivity index (χ3n) is 6.25. The zero-order chi connectivity index (χ0) is 27.0. The van der Waals surface area contributed by atoms with Gasteiger partial charge >= 0.3 is 6.16 Å². The number of azo groups is 1. The monoisotopic (exact) mass is 511 g/mol. The lowest BCUT2D eigenvalue weighted by atomic mass is 10.0. The van der Waals surface area contributed by atoms with Crippen molar-refractivity contribution in [2.45, 2.75) is 13.8 Å². The number of carboxylic acid groups (broad SMARTS) is 1. The van der Waals surface area contributed by atoms with Gasteiger partial charge in [0.15, 0.2) is 11.4 Å². The molecule has 0 aliphatic carbocycles. The molecule has 0 unspecified atom stereocenters. The molecule has 5 aromatic rings. The number of ether oxygens (including phenoxy) is 1. The normalized spacial score (nSPS) is 11.3. The highest BCUT2D eigenvalue weighted by molar-refractivity contribution is 5.96. The van der Waals surface area contributed by atoms with E-state index in [2.05, 4.69) is 10.2 Å². The Kier molecular flexibility index (Phi) is 6.26. The van der Waals surface area contributed by atoms with Gasteiger partial charge in [0.1, 0.15) is 17.3 Å². The lowest BCUT2D eigenvalue weighted by molar-refractivity contribution is 0.144. The zero-order valence-electron chi connectivity index (χ0n) is 20.4. The van der Waals surface area contributed by atoms with Crippen LogP contribution in [-0.2, 0) is 0 Å². The average molecular weight is 512 g/mol. The van der Waals surface area contributed by atoms with Crippen molar-refractivity contribution in [2.24, 2.45) is 10.2 Å². The molecule has 4 aromatic carbocycles. The second-order valence-electron chi connectivity index (χ2n) is 8.71. The number of hydrogen-bond acceptors (Lipinski definition) is 6. The number of benzene rings is 4. The molecule has 0 aliphatic heterocycles. The van der Waals surface area contributed by atoms with Gasteiger partial charge in [0.25, 0.3) is 0 Å². The molecule has 0 saturated carbocycles. The number of carbonyl (C=O) groups is 1. The summed E-state index contributed by atoms with van der Waals surface area (Å²) in [5.41, 5.74) is 4.22. The second-order valence-corrected chi connectivity index (χ2v) is 8.71. The van der Waals surface area contributed by atoms with Crippen molar-refractivity contribution in [3.8, 4) is 34.2 Å². The number of hydrogen-bond donors (Lipinski definition) is 3. The number of para-hydroxylation sites is 1. The molecule has 0 saturated heterocycles. The maximum absolute atomic E-state index is 14.2. The predicted molar refractivity (Wildman–Crippen MR) is 141 cm³/mol. The summed E-state index contributed by atoms with van der Waals surface area (Å²) in [6.45, 7) is 3.92. The largest absolute Gasteiger partial charge is 0.511 e. The number of aromatic hydroxyl groups is 2. The van der Waals surface area contributed by atoms with Gasteiger partial charge in [0.05, 0.1) is 5.52 Å². The molecule has 190 valence electrons. The number of rotatable bonds is 5. The van der Waals surface area contributed by atoms with Gasteiger partial charge in [-0.2, -0.15) is 0 Å². The summed E-state index contributed by atoms with van der Waals surface area (Å²) in [6.07, 6.45) is -1.45. The first-order valence-corrected chi connectivity index (χ1v) is 11.6. The van der Waals surface area contributed by atoms with Crippen LogP contribution < -0.4 is 4.74 Å². The third-order valence-corrected chi connectivity index (χ3v) is 6.25. The van der Waals surface area contributed by atoms with E-state index in [-0.39, 0.29) is 28.8 Å². The summed E-state index contributed by atoms with van der Waals surface area (Å²) in [5.74, 6) is -0.806. The van der Waals surface area contributed by atoms with Gasteiger partial charge in [-0.15, -0.1) is 10.2 Å². The number of phenolic OH excluding ortho intramolecular Hbond substituents is 1. The Bertz CT molecular complexity index is 1740. The van der Waals surface area contributed by atoms with Crippen molar-refractivity contribution in [1.29, 1.82) is 0 Å². The van der Waals surface area contributed by atoms with Crippen LogP contribution in [0.1, 0.15) is 11.1 Å². The summed E-state index contributed by atoms with van der Waals surface area (Å²) in [6, 6.07) is 20.8. The van der Waals surface area contributed by atoms with E-state index in [4.69, 9.17) is 9.84 Å². The Labute approximate surface area is 216 Å².